The topological polar surface area (TPSA) is 80.5 Å². The summed E-state index contributed by atoms with van der Waals surface area (Å²) in [6.45, 7) is 5.06. The molecule has 0 N–H and O–H groups in total. The quantitative estimate of drug-likeness (QED) is 0.713. The van der Waals surface area contributed by atoms with Crippen LogP contribution in [0.5, 0.6) is 0 Å². The normalized spacial score (nSPS) is 18.7. The number of pyridine rings is 1. The van der Waals surface area contributed by atoms with Crippen LogP contribution in [0.25, 0.3) is 0 Å². The predicted octanol–water partition coefficient (Wildman–Crippen LogP) is 1.55. The molecule has 0 unspecified atom stereocenters. The van der Waals surface area contributed by atoms with E-state index in [-0.39, 0.29) is 11.1 Å². The van der Waals surface area contributed by atoms with Crippen LogP contribution >= 0.6 is 11.8 Å². The molecular weight excluding hydrogens is 338 g/mol. The van der Waals surface area contributed by atoms with Gasteiger partial charge in [-0.15, -0.1) is 0 Å². The fourth-order valence-electron chi connectivity index (χ4n) is 3.12. The molecule has 2 amide bonds. The number of unbranched alkanes of at least 4 members (excludes halogenated alkanes) is 1. The Bertz CT molecular complexity index is 666. The Hall–Kier alpha value is -2.11. The van der Waals surface area contributed by atoms with Crippen molar-refractivity contribution in [2.45, 2.75) is 12.8 Å². The number of nitriles is 1. The smallest absolute Gasteiger partial charge is 0.288 e. The molecular formula is C17H21N5O2S. The van der Waals surface area contributed by atoms with E-state index < -0.39 is 0 Å². The number of hydrogen-bond donors (Lipinski definition) is 0. The number of hydrogen-bond acceptors (Lipinski definition) is 7. The number of amides is 2. The zero-order valence-corrected chi connectivity index (χ0v) is 14.9. The first kappa shape index (κ1) is 17.7. The third-order valence-corrected chi connectivity index (χ3v) is 5.38. The van der Waals surface area contributed by atoms with Crippen LogP contribution in [0, 0.1) is 11.3 Å². The minimum atomic E-state index is -0.109. The Morgan fingerprint density at radius 1 is 1.16 bits per heavy atom. The van der Waals surface area contributed by atoms with Crippen molar-refractivity contribution in [2.24, 2.45) is 0 Å². The first-order valence-electron chi connectivity index (χ1n) is 8.48. The maximum Gasteiger partial charge on any atom is 0.288 e. The number of rotatable bonds is 6. The monoisotopic (exact) mass is 359 g/mol. The maximum atomic E-state index is 11.5. The van der Waals surface area contributed by atoms with Gasteiger partial charge in [0, 0.05) is 38.9 Å². The lowest BCUT2D eigenvalue weighted by Crippen LogP contribution is -2.47. The van der Waals surface area contributed by atoms with E-state index in [1.165, 1.54) is 4.90 Å². The van der Waals surface area contributed by atoms with Gasteiger partial charge < -0.3 is 4.90 Å². The number of carbonyl (C=O) groups excluding carboxylic acids is 2. The molecule has 2 saturated heterocycles. The average molecular weight is 359 g/mol. The van der Waals surface area contributed by atoms with E-state index in [2.05, 4.69) is 20.9 Å². The number of piperazine rings is 1. The summed E-state index contributed by atoms with van der Waals surface area (Å²) in [6, 6.07) is 5.78. The maximum absolute atomic E-state index is 11.5. The van der Waals surface area contributed by atoms with Gasteiger partial charge in [0.15, 0.2) is 0 Å². The van der Waals surface area contributed by atoms with Crippen LogP contribution < -0.4 is 4.90 Å². The second-order valence-electron chi connectivity index (χ2n) is 6.12. The molecule has 0 aromatic carbocycles. The molecule has 25 heavy (non-hydrogen) atoms. The molecule has 1 aromatic rings. The molecule has 7 nitrogen and oxygen atoms in total. The van der Waals surface area contributed by atoms with Crippen molar-refractivity contribution in [3.05, 3.63) is 23.9 Å². The minimum absolute atomic E-state index is 0.0627. The lowest BCUT2D eigenvalue weighted by molar-refractivity contribution is -0.124. The fraction of sp³-hybridized carbons (Fsp3) is 0.529. The SMILES string of the molecule is N#Cc1cccnc1N1CCN(CCCCN2C(=O)CSC2=O)CC1. The summed E-state index contributed by atoms with van der Waals surface area (Å²) in [5, 5.41) is 9.08. The lowest BCUT2D eigenvalue weighted by Gasteiger charge is -2.35. The van der Waals surface area contributed by atoms with Gasteiger partial charge in [0.2, 0.25) is 5.91 Å². The molecule has 2 aliphatic heterocycles. The first-order valence-corrected chi connectivity index (χ1v) is 9.47. The second-order valence-corrected chi connectivity index (χ2v) is 7.05. The molecule has 2 aliphatic rings. The Morgan fingerprint density at radius 3 is 2.60 bits per heavy atom. The van der Waals surface area contributed by atoms with E-state index in [4.69, 9.17) is 0 Å². The summed E-state index contributed by atoms with van der Waals surface area (Å²) in [7, 11) is 0. The summed E-state index contributed by atoms with van der Waals surface area (Å²) >= 11 is 1.09. The average Bonchev–Trinajstić information content (AvgIpc) is 2.97. The Kier molecular flexibility index (Phi) is 5.89. The van der Waals surface area contributed by atoms with Crippen LogP contribution in [0.15, 0.2) is 18.3 Å². The van der Waals surface area contributed by atoms with E-state index in [0.717, 1.165) is 63.1 Å². The minimum Gasteiger partial charge on any atom is -0.353 e. The summed E-state index contributed by atoms with van der Waals surface area (Å²) < 4.78 is 0. The molecule has 132 valence electrons. The standard InChI is InChI=1S/C17H21N5O2S/c18-12-14-4-3-5-19-16(14)21-10-8-20(9-11-21)6-1-2-7-22-15(23)13-25-17(22)24/h3-5H,1-2,6-11,13H2. The number of anilines is 1. The first-order chi connectivity index (χ1) is 12.2. The molecule has 0 spiro atoms. The molecule has 0 saturated carbocycles. The van der Waals surface area contributed by atoms with Gasteiger partial charge in [-0.3, -0.25) is 19.4 Å². The number of thioether (sulfide) groups is 1. The van der Waals surface area contributed by atoms with E-state index in [9.17, 15) is 14.9 Å². The van der Waals surface area contributed by atoms with Crippen LogP contribution in [-0.2, 0) is 4.79 Å². The van der Waals surface area contributed by atoms with Crippen LogP contribution in [-0.4, -0.2) is 71.0 Å². The third-order valence-electron chi connectivity index (χ3n) is 4.53. The van der Waals surface area contributed by atoms with Crippen LogP contribution in [0.1, 0.15) is 18.4 Å². The van der Waals surface area contributed by atoms with Gasteiger partial charge in [-0.25, -0.2) is 4.98 Å². The highest BCUT2D eigenvalue weighted by atomic mass is 32.2. The van der Waals surface area contributed by atoms with Crippen molar-refractivity contribution in [3.8, 4) is 6.07 Å². The Labute approximate surface area is 151 Å². The van der Waals surface area contributed by atoms with Gasteiger partial charge in [0.05, 0.1) is 11.3 Å². The summed E-state index contributed by atoms with van der Waals surface area (Å²) in [5.74, 6) is 0.999. The molecule has 2 fully saturated rings. The van der Waals surface area contributed by atoms with Crippen molar-refractivity contribution >= 4 is 28.7 Å². The van der Waals surface area contributed by atoms with Crippen molar-refractivity contribution in [2.75, 3.05) is 49.9 Å². The Morgan fingerprint density at radius 2 is 1.92 bits per heavy atom. The van der Waals surface area contributed by atoms with Crippen LogP contribution in [0.2, 0.25) is 0 Å². The van der Waals surface area contributed by atoms with E-state index >= 15 is 0 Å². The van der Waals surface area contributed by atoms with Crippen molar-refractivity contribution < 1.29 is 9.59 Å². The molecule has 3 heterocycles. The molecule has 0 aliphatic carbocycles. The predicted molar refractivity (Wildman–Crippen MR) is 96.4 cm³/mol. The van der Waals surface area contributed by atoms with Gasteiger partial charge in [-0.05, 0) is 31.5 Å². The molecule has 0 atom stereocenters. The van der Waals surface area contributed by atoms with Crippen molar-refractivity contribution in [1.82, 2.24) is 14.8 Å². The summed E-state index contributed by atoms with van der Waals surface area (Å²) in [5.41, 5.74) is 0.619. The molecule has 3 rings (SSSR count). The van der Waals surface area contributed by atoms with E-state index in [1.54, 1.807) is 18.3 Å². The summed E-state index contributed by atoms with van der Waals surface area (Å²) in [6.07, 6.45) is 3.54. The molecule has 1 aromatic heterocycles. The van der Waals surface area contributed by atoms with Gasteiger partial charge in [-0.1, -0.05) is 11.8 Å². The fourth-order valence-corrected chi connectivity index (χ4v) is 3.87. The van der Waals surface area contributed by atoms with Gasteiger partial charge in [0.25, 0.3) is 5.24 Å². The number of carbonyl (C=O) groups is 2. The molecule has 0 bridgehead atoms. The number of imide groups is 1. The van der Waals surface area contributed by atoms with Crippen LogP contribution in [0.4, 0.5) is 10.6 Å². The van der Waals surface area contributed by atoms with Crippen molar-refractivity contribution in [3.63, 3.8) is 0 Å². The Balaban J connectivity index is 1.39. The van der Waals surface area contributed by atoms with E-state index in [0.29, 0.717) is 17.9 Å². The van der Waals surface area contributed by atoms with E-state index in [1.807, 2.05) is 0 Å². The third kappa shape index (κ3) is 4.30. The second kappa shape index (κ2) is 8.32. The highest BCUT2D eigenvalue weighted by Gasteiger charge is 2.29. The highest BCUT2D eigenvalue weighted by Crippen LogP contribution is 2.20. The molecule has 8 heteroatoms. The van der Waals surface area contributed by atoms with Crippen molar-refractivity contribution in [1.29, 1.82) is 5.26 Å². The summed E-state index contributed by atoms with van der Waals surface area (Å²) in [4.78, 5) is 33.3. The largest absolute Gasteiger partial charge is 0.353 e. The van der Waals surface area contributed by atoms with Crippen LogP contribution in [0.3, 0.4) is 0 Å². The van der Waals surface area contributed by atoms with Gasteiger partial charge in [0.1, 0.15) is 11.9 Å². The number of nitrogens with zero attached hydrogens (tertiary/aromatic N) is 5. The number of aromatic nitrogens is 1. The van der Waals surface area contributed by atoms with Gasteiger partial charge in [-0.2, -0.15) is 5.26 Å². The van der Waals surface area contributed by atoms with Gasteiger partial charge >= 0.3 is 0 Å². The highest BCUT2D eigenvalue weighted by molar-refractivity contribution is 8.14. The zero-order chi connectivity index (χ0) is 17.6. The molecule has 0 radical (unpaired) electrons. The lowest BCUT2D eigenvalue weighted by atomic mass is 10.2. The zero-order valence-electron chi connectivity index (χ0n) is 14.1.